The Morgan fingerprint density at radius 2 is 2.22 bits per heavy atom. The first-order valence-corrected chi connectivity index (χ1v) is 6.63. The molecule has 18 heavy (non-hydrogen) atoms. The summed E-state index contributed by atoms with van der Waals surface area (Å²) in [5.41, 5.74) is 2.89. The van der Waals surface area contributed by atoms with Gasteiger partial charge in [-0.05, 0) is 30.9 Å². The molecular formula is C13H14N2O2S. The minimum atomic E-state index is -0.994. The van der Waals surface area contributed by atoms with Gasteiger partial charge in [-0.2, -0.15) is 5.10 Å². The van der Waals surface area contributed by atoms with Crippen LogP contribution in [-0.4, -0.2) is 27.0 Å². The molecule has 1 heterocycles. The highest BCUT2D eigenvalue weighted by molar-refractivity contribution is 7.99. The number of aromatic amines is 1. The monoisotopic (exact) mass is 262 g/mol. The number of aromatic nitrogens is 2. The number of nitrogens with zero attached hydrogens (tertiary/aromatic N) is 1. The number of carboxylic acids is 1. The molecule has 0 radical (unpaired) electrons. The van der Waals surface area contributed by atoms with Crippen LogP contribution < -0.4 is 0 Å². The summed E-state index contributed by atoms with van der Waals surface area (Å²) in [5, 5.41) is 15.5. The van der Waals surface area contributed by atoms with Crippen molar-refractivity contribution in [1.29, 1.82) is 0 Å². The molecule has 0 aliphatic rings. The first-order valence-electron chi connectivity index (χ1n) is 5.64. The van der Waals surface area contributed by atoms with Gasteiger partial charge in [-0.3, -0.25) is 5.10 Å². The van der Waals surface area contributed by atoms with Gasteiger partial charge in [-0.25, -0.2) is 4.79 Å². The lowest BCUT2D eigenvalue weighted by Gasteiger charge is -2.06. The predicted octanol–water partition coefficient (Wildman–Crippen LogP) is 3.20. The molecule has 4 nitrogen and oxygen atoms in total. The lowest BCUT2D eigenvalue weighted by molar-refractivity contribution is 0.0690. The lowest BCUT2D eigenvalue weighted by atomic mass is 10.1. The Balaban J connectivity index is 2.47. The third-order valence-corrected chi connectivity index (χ3v) is 3.47. The Morgan fingerprint density at radius 1 is 1.44 bits per heavy atom. The molecule has 0 saturated carbocycles. The van der Waals surface area contributed by atoms with Crippen molar-refractivity contribution in [2.45, 2.75) is 18.7 Å². The van der Waals surface area contributed by atoms with Crippen LogP contribution in [0.2, 0.25) is 0 Å². The predicted molar refractivity (Wildman–Crippen MR) is 72.1 cm³/mol. The highest BCUT2D eigenvalue weighted by Gasteiger charge is 2.12. The average Bonchev–Trinajstić information content (AvgIpc) is 2.81. The summed E-state index contributed by atoms with van der Waals surface area (Å²) < 4.78 is 0. The van der Waals surface area contributed by atoms with Gasteiger partial charge in [-0.15, -0.1) is 11.8 Å². The SMILES string of the molecule is CCSc1ccc(C)cc1-c1cc(C(=O)O)[nH]n1. The summed E-state index contributed by atoms with van der Waals surface area (Å²) >= 11 is 1.72. The van der Waals surface area contributed by atoms with Gasteiger partial charge in [0.2, 0.25) is 0 Å². The minimum Gasteiger partial charge on any atom is -0.477 e. The maximum atomic E-state index is 10.8. The van der Waals surface area contributed by atoms with E-state index in [1.54, 1.807) is 17.8 Å². The standard InChI is InChI=1S/C13H14N2O2S/c1-3-18-12-5-4-8(2)6-9(12)10-7-11(13(16)17)15-14-10/h4-7H,3H2,1-2H3,(H,14,15)(H,16,17). The molecule has 0 bridgehead atoms. The van der Waals surface area contributed by atoms with Crippen LogP contribution in [0, 0.1) is 6.92 Å². The second-order valence-corrected chi connectivity index (χ2v) is 5.21. The normalized spacial score (nSPS) is 10.6. The molecule has 0 atom stereocenters. The van der Waals surface area contributed by atoms with Gasteiger partial charge in [0.1, 0.15) is 5.69 Å². The van der Waals surface area contributed by atoms with Crippen LogP contribution in [0.15, 0.2) is 29.2 Å². The molecular weight excluding hydrogens is 248 g/mol. The van der Waals surface area contributed by atoms with E-state index in [2.05, 4.69) is 17.1 Å². The molecule has 5 heteroatoms. The summed E-state index contributed by atoms with van der Waals surface area (Å²) in [6.45, 7) is 4.09. The number of aromatic carboxylic acids is 1. The number of aryl methyl sites for hydroxylation is 1. The van der Waals surface area contributed by atoms with Crippen LogP contribution in [-0.2, 0) is 0 Å². The largest absolute Gasteiger partial charge is 0.477 e. The zero-order chi connectivity index (χ0) is 13.1. The Kier molecular flexibility index (Phi) is 3.72. The number of carboxylic acid groups (broad SMARTS) is 1. The molecule has 2 N–H and O–H groups in total. The molecule has 0 spiro atoms. The van der Waals surface area contributed by atoms with Crippen LogP contribution in [0.1, 0.15) is 23.0 Å². The van der Waals surface area contributed by atoms with E-state index in [1.807, 2.05) is 25.1 Å². The molecule has 0 saturated heterocycles. The van der Waals surface area contributed by atoms with Crippen molar-refractivity contribution in [3.63, 3.8) is 0 Å². The van der Waals surface area contributed by atoms with Gasteiger partial charge < -0.3 is 5.11 Å². The van der Waals surface area contributed by atoms with Gasteiger partial charge in [-0.1, -0.05) is 18.6 Å². The van der Waals surface area contributed by atoms with Crippen LogP contribution in [0.3, 0.4) is 0 Å². The average molecular weight is 262 g/mol. The third kappa shape index (κ3) is 2.56. The Labute approximate surface area is 109 Å². The fraction of sp³-hybridized carbons (Fsp3) is 0.231. The molecule has 0 unspecified atom stereocenters. The Morgan fingerprint density at radius 3 is 2.83 bits per heavy atom. The molecule has 0 aliphatic carbocycles. The fourth-order valence-corrected chi connectivity index (χ4v) is 2.49. The first-order chi connectivity index (χ1) is 8.61. The van der Waals surface area contributed by atoms with Crippen molar-refractivity contribution in [2.24, 2.45) is 0 Å². The van der Waals surface area contributed by atoms with Crippen molar-refractivity contribution in [2.75, 3.05) is 5.75 Å². The second-order valence-electron chi connectivity index (χ2n) is 3.90. The summed E-state index contributed by atoms with van der Waals surface area (Å²) in [4.78, 5) is 12.0. The summed E-state index contributed by atoms with van der Waals surface area (Å²) in [5.74, 6) is -0.0298. The number of hydrogen-bond acceptors (Lipinski definition) is 3. The van der Waals surface area contributed by atoms with Crippen molar-refractivity contribution < 1.29 is 9.90 Å². The molecule has 94 valence electrons. The number of nitrogens with one attached hydrogen (secondary N) is 1. The fourth-order valence-electron chi connectivity index (χ4n) is 1.69. The van der Waals surface area contributed by atoms with Crippen LogP contribution in [0.4, 0.5) is 0 Å². The third-order valence-electron chi connectivity index (χ3n) is 2.52. The van der Waals surface area contributed by atoms with E-state index < -0.39 is 5.97 Å². The second kappa shape index (κ2) is 5.27. The Bertz CT molecular complexity index is 578. The van der Waals surface area contributed by atoms with E-state index in [1.165, 1.54) is 0 Å². The van der Waals surface area contributed by atoms with Crippen molar-refractivity contribution in [3.8, 4) is 11.3 Å². The Hall–Kier alpha value is -1.75. The summed E-state index contributed by atoms with van der Waals surface area (Å²) in [6.07, 6.45) is 0. The highest BCUT2D eigenvalue weighted by atomic mass is 32.2. The minimum absolute atomic E-state index is 0.110. The molecule has 1 aromatic heterocycles. The molecule has 0 fully saturated rings. The zero-order valence-corrected chi connectivity index (χ0v) is 11.0. The highest BCUT2D eigenvalue weighted by Crippen LogP contribution is 2.31. The van der Waals surface area contributed by atoms with E-state index in [0.717, 1.165) is 21.8 Å². The zero-order valence-electron chi connectivity index (χ0n) is 10.2. The van der Waals surface area contributed by atoms with E-state index in [-0.39, 0.29) is 5.69 Å². The number of hydrogen-bond donors (Lipinski definition) is 2. The van der Waals surface area contributed by atoms with Crippen molar-refractivity contribution in [1.82, 2.24) is 10.2 Å². The van der Waals surface area contributed by atoms with Crippen molar-refractivity contribution >= 4 is 17.7 Å². The summed E-state index contributed by atoms with van der Waals surface area (Å²) in [6, 6.07) is 7.69. The van der Waals surface area contributed by atoms with Gasteiger partial charge >= 0.3 is 5.97 Å². The maximum Gasteiger partial charge on any atom is 0.353 e. The number of H-pyrrole nitrogens is 1. The van der Waals surface area contributed by atoms with Crippen molar-refractivity contribution in [3.05, 3.63) is 35.5 Å². The number of benzene rings is 1. The quantitative estimate of drug-likeness (QED) is 0.830. The van der Waals surface area contributed by atoms with E-state index >= 15 is 0 Å². The molecule has 2 aromatic rings. The topological polar surface area (TPSA) is 66.0 Å². The summed E-state index contributed by atoms with van der Waals surface area (Å²) in [7, 11) is 0. The van der Waals surface area contributed by atoms with Crippen LogP contribution >= 0.6 is 11.8 Å². The van der Waals surface area contributed by atoms with E-state index in [4.69, 9.17) is 5.11 Å². The lowest BCUT2D eigenvalue weighted by Crippen LogP contribution is -1.95. The number of rotatable bonds is 4. The van der Waals surface area contributed by atoms with Gasteiger partial charge in [0.25, 0.3) is 0 Å². The first kappa shape index (κ1) is 12.7. The molecule has 0 amide bonds. The molecule has 0 aliphatic heterocycles. The van der Waals surface area contributed by atoms with E-state index in [0.29, 0.717) is 5.69 Å². The maximum absolute atomic E-state index is 10.8. The van der Waals surface area contributed by atoms with E-state index in [9.17, 15) is 4.79 Å². The smallest absolute Gasteiger partial charge is 0.353 e. The van der Waals surface area contributed by atoms with Crippen LogP contribution in [0.25, 0.3) is 11.3 Å². The number of carbonyl (C=O) groups is 1. The van der Waals surface area contributed by atoms with Gasteiger partial charge in [0, 0.05) is 10.5 Å². The molecule has 2 rings (SSSR count). The van der Waals surface area contributed by atoms with Gasteiger partial charge in [0.05, 0.1) is 5.69 Å². The number of thioether (sulfide) groups is 1. The van der Waals surface area contributed by atoms with Crippen LogP contribution in [0.5, 0.6) is 0 Å². The molecule has 1 aromatic carbocycles. The van der Waals surface area contributed by atoms with Gasteiger partial charge in [0.15, 0.2) is 0 Å².